The van der Waals surface area contributed by atoms with E-state index in [2.05, 4.69) is 17.0 Å². The van der Waals surface area contributed by atoms with Gasteiger partial charge in [0, 0.05) is 19.0 Å². The SMILES string of the molecule is C=NC(=O)ON(C)C(NC(=O)OC(C)(C)C)(C(=O)N1C[C@H](O)[C@@H](O)[C@@H](O)C1CO)C(C)(C)C. The number of aliphatic hydroxyl groups is 4. The zero-order valence-corrected chi connectivity index (χ0v) is 20.1. The largest absolute Gasteiger partial charge is 0.452 e. The van der Waals surface area contributed by atoms with E-state index >= 15 is 0 Å². The van der Waals surface area contributed by atoms with E-state index in [1.807, 2.05) is 0 Å². The Hall–Kier alpha value is -2.32. The summed E-state index contributed by atoms with van der Waals surface area (Å²) in [6, 6.07) is -1.33. The summed E-state index contributed by atoms with van der Waals surface area (Å²) in [5, 5.41) is 43.6. The second-order valence-corrected chi connectivity index (χ2v) is 9.86. The monoisotopic (exact) mass is 476 g/mol. The molecule has 1 aliphatic heterocycles. The predicted octanol–water partition coefficient (Wildman–Crippen LogP) is -0.777. The van der Waals surface area contributed by atoms with Crippen molar-refractivity contribution in [1.29, 1.82) is 0 Å². The molecule has 13 nitrogen and oxygen atoms in total. The summed E-state index contributed by atoms with van der Waals surface area (Å²) >= 11 is 0. The van der Waals surface area contributed by atoms with Crippen molar-refractivity contribution < 1.29 is 44.4 Å². The van der Waals surface area contributed by atoms with E-state index in [4.69, 9.17) is 9.57 Å². The second-order valence-electron chi connectivity index (χ2n) is 9.86. The number of nitrogens with zero attached hydrogens (tertiary/aromatic N) is 3. The van der Waals surface area contributed by atoms with Crippen LogP contribution >= 0.6 is 0 Å². The van der Waals surface area contributed by atoms with Gasteiger partial charge >= 0.3 is 12.2 Å². The molecule has 0 saturated carbocycles. The number of alkyl carbamates (subject to hydrolysis) is 1. The smallest absolute Gasteiger partial charge is 0.444 e. The molecule has 0 radical (unpaired) electrons. The summed E-state index contributed by atoms with van der Waals surface area (Å²) in [6.07, 6.45) is -7.05. The molecule has 1 saturated heterocycles. The number of likely N-dealkylation sites (N-methyl/N-ethyl adjacent to an activating group) is 1. The lowest BCUT2D eigenvalue weighted by molar-refractivity contribution is -0.221. The Morgan fingerprint density at radius 2 is 1.67 bits per heavy atom. The Morgan fingerprint density at radius 3 is 2.09 bits per heavy atom. The van der Waals surface area contributed by atoms with Gasteiger partial charge in [-0.2, -0.15) is 4.99 Å². The summed E-state index contributed by atoms with van der Waals surface area (Å²) in [5.41, 5.74) is -4.34. The van der Waals surface area contributed by atoms with Crippen LogP contribution in [0.3, 0.4) is 0 Å². The molecular weight excluding hydrogens is 440 g/mol. The van der Waals surface area contributed by atoms with Crippen LogP contribution in [0.2, 0.25) is 0 Å². The van der Waals surface area contributed by atoms with E-state index in [0.29, 0.717) is 0 Å². The minimum absolute atomic E-state index is 0.488. The number of nitrogens with one attached hydrogen (secondary N) is 1. The van der Waals surface area contributed by atoms with Gasteiger partial charge in [-0.25, -0.2) is 9.59 Å². The molecule has 1 rings (SSSR count). The van der Waals surface area contributed by atoms with Gasteiger partial charge in [-0.1, -0.05) is 20.8 Å². The van der Waals surface area contributed by atoms with E-state index in [0.717, 1.165) is 9.96 Å². The molecule has 0 aromatic carbocycles. The van der Waals surface area contributed by atoms with Gasteiger partial charge in [0.25, 0.3) is 5.91 Å². The maximum absolute atomic E-state index is 14.0. The first-order valence-electron chi connectivity index (χ1n) is 10.3. The molecule has 5 N–H and O–H groups in total. The highest BCUT2D eigenvalue weighted by Crippen LogP contribution is 2.37. The number of carbonyl (C=O) groups excluding carboxylic acids is 3. The number of carbonyl (C=O) groups is 3. The van der Waals surface area contributed by atoms with E-state index in [9.17, 15) is 34.8 Å². The molecule has 0 aromatic rings. The van der Waals surface area contributed by atoms with Crippen LogP contribution in [-0.4, -0.2) is 111 Å². The number of aliphatic hydroxyl groups excluding tert-OH is 4. The van der Waals surface area contributed by atoms with Gasteiger partial charge in [0.05, 0.1) is 12.6 Å². The number of hydroxylamine groups is 2. The Labute approximate surface area is 192 Å². The lowest BCUT2D eigenvalue weighted by atomic mass is 9.77. The first-order valence-corrected chi connectivity index (χ1v) is 10.3. The fourth-order valence-corrected chi connectivity index (χ4v) is 3.65. The fourth-order valence-electron chi connectivity index (χ4n) is 3.65. The molecule has 0 spiro atoms. The minimum atomic E-state index is -2.18. The zero-order chi connectivity index (χ0) is 25.9. The van der Waals surface area contributed by atoms with E-state index in [1.54, 1.807) is 41.5 Å². The Balaban J connectivity index is 3.65. The molecule has 0 bridgehead atoms. The number of aliphatic imine (C=N–C) groups is 1. The third-order valence-electron chi connectivity index (χ3n) is 5.26. The number of piperidine rings is 1. The van der Waals surface area contributed by atoms with Crippen molar-refractivity contribution in [3.05, 3.63) is 0 Å². The van der Waals surface area contributed by atoms with Gasteiger partial charge in [0.1, 0.15) is 23.9 Å². The average molecular weight is 477 g/mol. The molecule has 1 fully saturated rings. The van der Waals surface area contributed by atoms with Crippen molar-refractivity contribution in [2.45, 2.75) is 77.2 Å². The van der Waals surface area contributed by atoms with E-state index < -0.39 is 72.3 Å². The van der Waals surface area contributed by atoms with Gasteiger partial charge in [-0.3, -0.25) is 10.1 Å². The first kappa shape index (κ1) is 28.7. The van der Waals surface area contributed by atoms with Crippen LogP contribution in [0.4, 0.5) is 9.59 Å². The second kappa shape index (κ2) is 10.3. The van der Waals surface area contributed by atoms with Crippen LogP contribution in [0.5, 0.6) is 0 Å². The van der Waals surface area contributed by atoms with Gasteiger partial charge in [0.2, 0.25) is 5.66 Å². The summed E-state index contributed by atoms with van der Waals surface area (Å²) in [4.78, 5) is 47.8. The summed E-state index contributed by atoms with van der Waals surface area (Å²) in [7, 11) is 1.20. The normalized spacial score (nSPS) is 25.8. The standard InChI is InChI=1S/C20H36N4O9/c1-18(2,3)20(23(8)33-16(30)21-7,22-17(31)32-19(4,5)6)15(29)24-9-12(26)14(28)13(27)11(24)10-25/h11-14,25-28H,7,9-10H2,1-6,8H3,(H,22,31)/t11?,12-,13-,14+,20?/m0/s1. The quantitative estimate of drug-likeness (QED) is 0.192. The van der Waals surface area contributed by atoms with Gasteiger partial charge in [-0.05, 0) is 27.5 Å². The van der Waals surface area contributed by atoms with Crippen LogP contribution < -0.4 is 5.32 Å². The molecule has 1 heterocycles. The van der Waals surface area contributed by atoms with Gasteiger partial charge in [0.15, 0.2) is 0 Å². The predicted molar refractivity (Wildman–Crippen MR) is 116 cm³/mol. The van der Waals surface area contributed by atoms with Crippen molar-refractivity contribution in [2.75, 3.05) is 20.2 Å². The number of ether oxygens (including phenoxy) is 1. The third kappa shape index (κ3) is 6.18. The third-order valence-corrected chi connectivity index (χ3v) is 5.26. The number of hydrogen-bond donors (Lipinski definition) is 5. The van der Waals surface area contributed by atoms with Crippen molar-refractivity contribution in [2.24, 2.45) is 10.4 Å². The number of hydrogen-bond acceptors (Lipinski definition) is 10. The van der Waals surface area contributed by atoms with Crippen molar-refractivity contribution in [1.82, 2.24) is 15.3 Å². The molecule has 0 aromatic heterocycles. The highest BCUT2D eigenvalue weighted by molar-refractivity contribution is 5.91. The highest BCUT2D eigenvalue weighted by Gasteiger charge is 2.60. The number of β-amino-alcohol motifs (C(OH)–C–C–N with tert-alkyl or cyclic N) is 1. The molecule has 2 unspecified atom stereocenters. The van der Waals surface area contributed by atoms with Crippen LogP contribution in [-0.2, 0) is 14.4 Å². The Kier molecular flexibility index (Phi) is 8.96. The molecular formula is C20H36N4O9. The molecule has 190 valence electrons. The molecule has 0 aliphatic carbocycles. The van der Waals surface area contributed by atoms with Crippen molar-refractivity contribution >= 4 is 24.8 Å². The van der Waals surface area contributed by atoms with E-state index in [1.165, 1.54) is 7.05 Å². The topological polar surface area (TPSA) is 181 Å². The number of likely N-dealkylation sites (tertiary alicyclic amines) is 1. The Morgan fingerprint density at radius 1 is 1.12 bits per heavy atom. The summed E-state index contributed by atoms with van der Waals surface area (Å²) < 4.78 is 5.31. The molecule has 3 amide bonds. The van der Waals surface area contributed by atoms with Crippen molar-refractivity contribution in [3.63, 3.8) is 0 Å². The van der Waals surface area contributed by atoms with Crippen LogP contribution in [0.1, 0.15) is 41.5 Å². The molecule has 13 heteroatoms. The first-order chi connectivity index (χ1) is 14.9. The maximum atomic E-state index is 14.0. The molecule has 33 heavy (non-hydrogen) atoms. The van der Waals surface area contributed by atoms with Crippen LogP contribution in [0.25, 0.3) is 0 Å². The fraction of sp³-hybridized carbons (Fsp3) is 0.800. The lowest BCUT2D eigenvalue weighted by Gasteiger charge is -2.52. The number of rotatable bonds is 5. The van der Waals surface area contributed by atoms with Crippen LogP contribution in [0, 0.1) is 5.41 Å². The number of amides is 3. The molecule has 1 aliphatic rings. The van der Waals surface area contributed by atoms with Gasteiger partial charge < -0.3 is 34.9 Å². The van der Waals surface area contributed by atoms with Gasteiger partial charge in [-0.15, -0.1) is 5.06 Å². The lowest BCUT2D eigenvalue weighted by Crippen LogP contribution is -2.77. The van der Waals surface area contributed by atoms with Crippen molar-refractivity contribution in [3.8, 4) is 0 Å². The summed E-state index contributed by atoms with van der Waals surface area (Å²) in [6.45, 7) is 11.3. The zero-order valence-electron chi connectivity index (χ0n) is 20.1. The Bertz CT molecular complexity index is 749. The summed E-state index contributed by atoms with van der Waals surface area (Å²) in [5.74, 6) is -0.954. The van der Waals surface area contributed by atoms with Crippen LogP contribution in [0.15, 0.2) is 4.99 Å². The average Bonchev–Trinajstić information content (AvgIpc) is 2.66. The minimum Gasteiger partial charge on any atom is -0.444 e. The van der Waals surface area contributed by atoms with E-state index in [-0.39, 0.29) is 0 Å². The molecule has 5 atom stereocenters. The highest BCUT2D eigenvalue weighted by atomic mass is 16.7. The maximum Gasteiger partial charge on any atom is 0.452 e.